The number of fused-ring (bicyclic) bond motifs is 9. The van der Waals surface area contributed by atoms with Gasteiger partial charge in [0.15, 0.2) is 0 Å². The van der Waals surface area contributed by atoms with Gasteiger partial charge in [0.1, 0.15) is 0 Å². The average Bonchev–Trinajstić information content (AvgIpc) is 3.94. The Balaban J connectivity index is 1.10. The van der Waals surface area contributed by atoms with E-state index in [0.717, 1.165) is 11.4 Å². The van der Waals surface area contributed by atoms with Crippen molar-refractivity contribution in [3.8, 4) is 55.9 Å². The van der Waals surface area contributed by atoms with Crippen LogP contribution in [-0.4, -0.2) is 9.13 Å². The third kappa shape index (κ3) is 5.78. The average molecular weight is 863 g/mol. The number of rotatable bonds is 6. The summed E-state index contributed by atoms with van der Waals surface area (Å²) in [6.45, 7) is 0. The number of hydrogen-bond acceptors (Lipinski definition) is 0. The Morgan fingerprint density at radius 2 is 0.647 bits per heavy atom. The van der Waals surface area contributed by atoms with Crippen LogP contribution >= 0.6 is 0 Å². The van der Waals surface area contributed by atoms with Gasteiger partial charge < -0.3 is 9.13 Å². The molecular weight excluding hydrogens is 821 g/mol. The maximum Gasteiger partial charge on any atom is 0.0547 e. The van der Waals surface area contributed by atoms with Crippen LogP contribution in [0.2, 0.25) is 0 Å². The summed E-state index contributed by atoms with van der Waals surface area (Å²) < 4.78 is 4.84. The Morgan fingerprint density at radius 3 is 1.21 bits per heavy atom. The van der Waals surface area contributed by atoms with Crippen molar-refractivity contribution < 1.29 is 0 Å². The number of para-hydroxylation sites is 4. The summed E-state index contributed by atoms with van der Waals surface area (Å²) in [5, 5.41) is 12.4. The van der Waals surface area contributed by atoms with E-state index < -0.39 is 0 Å². The molecule has 0 atom stereocenters. The first kappa shape index (κ1) is 38.3. The minimum Gasteiger partial charge on any atom is -0.309 e. The van der Waals surface area contributed by atoms with Crippen LogP contribution in [-0.2, 0) is 0 Å². The van der Waals surface area contributed by atoms with Gasteiger partial charge in [-0.25, -0.2) is 0 Å². The minimum absolute atomic E-state index is 1.15. The molecule has 12 aromatic carbocycles. The highest BCUT2D eigenvalue weighted by Gasteiger charge is 2.22. The van der Waals surface area contributed by atoms with E-state index in [2.05, 4.69) is 264 Å². The molecule has 14 aromatic rings. The number of nitrogens with zero attached hydrogens (tertiary/aromatic N) is 2. The van der Waals surface area contributed by atoms with Crippen LogP contribution in [0.1, 0.15) is 0 Å². The molecule has 68 heavy (non-hydrogen) atoms. The first-order valence-electron chi connectivity index (χ1n) is 23.5. The van der Waals surface area contributed by atoms with Gasteiger partial charge in [-0.3, -0.25) is 0 Å². The Kier molecular flexibility index (Phi) is 8.62. The fourth-order valence-corrected chi connectivity index (χ4v) is 11.5. The van der Waals surface area contributed by atoms with E-state index in [1.807, 2.05) is 0 Å². The van der Waals surface area contributed by atoms with E-state index in [0.29, 0.717) is 0 Å². The quantitative estimate of drug-likeness (QED) is 0.147. The van der Waals surface area contributed by atoms with E-state index in [1.54, 1.807) is 0 Å². The zero-order chi connectivity index (χ0) is 44.7. The van der Waals surface area contributed by atoms with Gasteiger partial charge in [-0.05, 0) is 137 Å². The standard InChI is InChI=1S/C66H42N2/c1-4-19-43(20-5-1)48-28-14-21-44-41-45(39-40-49(44)48)64-54-31-15-29-50(52-33-17-37-62-65(52)56-26-10-12-35-60(56)67(62)46-22-6-2-7-23-46)58(54)42-59-51(30-16-32-55(59)64)53-34-18-38-63-66(53)57-27-11-13-36-61(57)68(63)47-24-8-3-9-25-47/h1-42H. The maximum atomic E-state index is 2.50. The Bertz CT molecular complexity index is 4080. The second-order valence-electron chi connectivity index (χ2n) is 17.9. The normalized spacial score (nSPS) is 11.8. The highest BCUT2D eigenvalue weighted by molar-refractivity contribution is 6.25. The molecule has 2 aromatic heterocycles. The van der Waals surface area contributed by atoms with Gasteiger partial charge in [-0.1, -0.05) is 194 Å². The second-order valence-corrected chi connectivity index (χ2v) is 17.9. The lowest BCUT2D eigenvalue weighted by molar-refractivity contribution is 1.18. The van der Waals surface area contributed by atoms with Crippen molar-refractivity contribution in [2.45, 2.75) is 0 Å². The third-order valence-corrected chi connectivity index (χ3v) is 14.3. The minimum atomic E-state index is 1.15. The van der Waals surface area contributed by atoms with Crippen LogP contribution < -0.4 is 0 Å². The monoisotopic (exact) mass is 862 g/mol. The summed E-state index contributed by atoms with van der Waals surface area (Å²) in [6, 6.07) is 93.9. The number of hydrogen-bond donors (Lipinski definition) is 0. The van der Waals surface area contributed by atoms with Crippen molar-refractivity contribution in [1.82, 2.24) is 9.13 Å². The fraction of sp³-hybridized carbons (Fsp3) is 0. The molecule has 0 saturated heterocycles. The largest absolute Gasteiger partial charge is 0.309 e. The van der Waals surface area contributed by atoms with Crippen molar-refractivity contribution in [3.63, 3.8) is 0 Å². The lowest BCUT2D eigenvalue weighted by Crippen LogP contribution is -1.94. The highest BCUT2D eigenvalue weighted by Crippen LogP contribution is 2.48. The molecule has 0 aliphatic carbocycles. The first-order chi connectivity index (χ1) is 33.8. The van der Waals surface area contributed by atoms with Gasteiger partial charge in [-0.15, -0.1) is 0 Å². The molecule has 2 heteroatoms. The molecule has 0 N–H and O–H groups in total. The summed E-state index contributed by atoms with van der Waals surface area (Å²) in [4.78, 5) is 0. The fourth-order valence-electron chi connectivity index (χ4n) is 11.5. The van der Waals surface area contributed by atoms with Gasteiger partial charge in [0.05, 0.1) is 22.1 Å². The van der Waals surface area contributed by atoms with Crippen LogP contribution in [0.3, 0.4) is 0 Å². The van der Waals surface area contributed by atoms with Gasteiger partial charge in [-0.2, -0.15) is 0 Å². The molecule has 0 fully saturated rings. The number of aromatic nitrogens is 2. The van der Waals surface area contributed by atoms with Crippen molar-refractivity contribution >= 4 is 75.9 Å². The summed E-state index contributed by atoms with van der Waals surface area (Å²) in [5.41, 5.74) is 16.9. The zero-order valence-electron chi connectivity index (χ0n) is 37.1. The van der Waals surface area contributed by atoms with Crippen LogP contribution in [0.15, 0.2) is 255 Å². The molecule has 0 bridgehead atoms. The SMILES string of the molecule is c1ccc(-c2cccc3cc(-c4c5cccc(-c6cccc7c6c6ccccc6n7-c6ccccc6)c5cc5c(-c6cccc7c6c6ccccc6n7-c6ccccc6)cccc45)ccc23)cc1. The highest BCUT2D eigenvalue weighted by atomic mass is 15.0. The lowest BCUT2D eigenvalue weighted by Gasteiger charge is -2.19. The van der Waals surface area contributed by atoms with Gasteiger partial charge >= 0.3 is 0 Å². The molecule has 0 aliphatic rings. The topological polar surface area (TPSA) is 9.86 Å². The summed E-state index contributed by atoms with van der Waals surface area (Å²) in [5.74, 6) is 0. The molecule has 0 amide bonds. The molecule has 14 rings (SSSR count). The molecule has 0 radical (unpaired) electrons. The summed E-state index contributed by atoms with van der Waals surface area (Å²) >= 11 is 0. The molecule has 2 nitrogen and oxygen atoms in total. The van der Waals surface area contributed by atoms with E-state index in [1.165, 1.54) is 120 Å². The van der Waals surface area contributed by atoms with E-state index in [4.69, 9.17) is 0 Å². The summed E-state index contributed by atoms with van der Waals surface area (Å²) in [7, 11) is 0. The van der Waals surface area contributed by atoms with Crippen LogP contribution in [0.5, 0.6) is 0 Å². The van der Waals surface area contributed by atoms with E-state index >= 15 is 0 Å². The predicted molar refractivity (Wildman–Crippen MR) is 289 cm³/mol. The zero-order valence-corrected chi connectivity index (χ0v) is 37.1. The molecule has 0 unspecified atom stereocenters. The molecule has 0 aliphatic heterocycles. The smallest absolute Gasteiger partial charge is 0.0547 e. The van der Waals surface area contributed by atoms with Crippen LogP contribution in [0, 0.1) is 0 Å². The van der Waals surface area contributed by atoms with Crippen molar-refractivity contribution in [1.29, 1.82) is 0 Å². The van der Waals surface area contributed by atoms with Gasteiger partial charge in [0.25, 0.3) is 0 Å². The second kappa shape index (κ2) is 15.3. The van der Waals surface area contributed by atoms with Crippen molar-refractivity contribution in [2.24, 2.45) is 0 Å². The molecular formula is C66H42N2. The van der Waals surface area contributed by atoms with Crippen LogP contribution in [0.25, 0.3) is 132 Å². The molecule has 316 valence electrons. The molecule has 2 heterocycles. The number of benzene rings is 12. The van der Waals surface area contributed by atoms with Gasteiger partial charge in [0, 0.05) is 32.9 Å². The predicted octanol–water partition coefficient (Wildman–Crippen LogP) is 18.0. The van der Waals surface area contributed by atoms with E-state index in [9.17, 15) is 0 Å². The van der Waals surface area contributed by atoms with Gasteiger partial charge in [0.2, 0.25) is 0 Å². The van der Waals surface area contributed by atoms with Crippen molar-refractivity contribution in [2.75, 3.05) is 0 Å². The maximum absolute atomic E-state index is 2.50. The Morgan fingerprint density at radius 1 is 0.221 bits per heavy atom. The molecule has 0 saturated carbocycles. The van der Waals surface area contributed by atoms with Crippen molar-refractivity contribution in [3.05, 3.63) is 255 Å². The molecule has 0 spiro atoms. The lowest BCUT2D eigenvalue weighted by atomic mass is 9.84. The third-order valence-electron chi connectivity index (χ3n) is 14.3. The Hall–Kier alpha value is -8.98. The van der Waals surface area contributed by atoms with Crippen LogP contribution in [0.4, 0.5) is 0 Å². The summed E-state index contributed by atoms with van der Waals surface area (Å²) in [6.07, 6.45) is 0. The Labute approximate surface area is 393 Å². The first-order valence-corrected chi connectivity index (χ1v) is 23.5. The van der Waals surface area contributed by atoms with E-state index in [-0.39, 0.29) is 0 Å².